The lowest BCUT2D eigenvalue weighted by Crippen LogP contribution is -2.01. The highest BCUT2D eigenvalue weighted by Crippen LogP contribution is 2.21. The Morgan fingerprint density at radius 1 is 1.47 bits per heavy atom. The summed E-state index contributed by atoms with van der Waals surface area (Å²) in [4.78, 5) is 11.3. The van der Waals surface area contributed by atoms with Gasteiger partial charge in [-0.25, -0.2) is 4.39 Å². The fourth-order valence-electron chi connectivity index (χ4n) is 1.37. The Hall–Kier alpha value is -2.17. The summed E-state index contributed by atoms with van der Waals surface area (Å²) < 4.78 is 23.2. The number of carbonyl (C=O) groups excluding carboxylic acids is 1. The number of Topliss-reactive ketones (excluding diaryl/α,β-unsaturated/α-hetero) is 1. The van der Waals surface area contributed by atoms with Crippen molar-refractivity contribution in [2.24, 2.45) is 0 Å². The molecule has 0 spiro atoms. The zero-order valence-electron chi connectivity index (χ0n) is 9.14. The van der Waals surface area contributed by atoms with E-state index in [2.05, 4.69) is 5.16 Å². The number of nitrogens with zero attached hydrogens (tertiary/aromatic N) is 1. The van der Waals surface area contributed by atoms with Crippen molar-refractivity contribution in [3.05, 3.63) is 47.6 Å². The number of ether oxygens (including phenoxy) is 1. The van der Waals surface area contributed by atoms with Crippen molar-refractivity contribution >= 4 is 5.78 Å². The van der Waals surface area contributed by atoms with Gasteiger partial charge in [0.05, 0.1) is 11.8 Å². The zero-order valence-corrected chi connectivity index (χ0v) is 9.14. The number of hydrogen-bond donors (Lipinski definition) is 0. The molecule has 0 amide bonds. The first-order chi connectivity index (χ1) is 8.16. The minimum atomic E-state index is -0.470. The Morgan fingerprint density at radius 2 is 2.29 bits per heavy atom. The van der Waals surface area contributed by atoms with Gasteiger partial charge in [0.15, 0.2) is 11.5 Å². The maximum absolute atomic E-state index is 13.0. The van der Waals surface area contributed by atoms with E-state index in [0.717, 1.165) is 6.07 Å². The predicted octanol–water partition coefficient (Wildman–Crippen LogP) is 2.60. The average Bonchev–Trinajstić information content (AvgIpc) is 2.80. The van der Waals surface area contributed by atoms with Crippen LogP contribution in [0.2, 0.25) is 0 Å². The third kappa shape index (κ3) is 2.69. The van der Waals surface area contributed by atoms with Crippen LogP contribution in [0.15, 0.2) is 35.0 Å². The predicted molar refractivity (Wildman–Crippen MR) is 57.2 cm³/mol. The lowest BCUT2D eigenvalue weighted by atomic mass is 10.1. The summed E-state index contributed by atoms with van der Waals surface area (Å²) in [5, 5.41) is 3.52. The summed E-state index contributed by atoms with van der Waals surface area (Å²) in [6.07, 6.45) is 1.50. The lowest BCUT2D eigenvalue weighted by molar-refractivity contribution is 0.101. The first-order valence-corrected chi connectivity index (χ1v) is 4.99. The van der Waals surface area contributed by atoms with Gasteiger partial charge in [-0.3, -0.25) is 4.79 Å². The van der Waals surface area contributed by atoms with Crippen LogP contribution < -0.4 is 4.74 Å². The van der Waals surface area contributed by atoms with Crippen LogP contribution in [-0.2, 0) is 6.61 Å². The molecule has 0 atom stereocenters. The number of aromatic nitrogens is 1. The topological polar surface area (TPSA) is 52.3 Å². The van der Waals surface area contributed by atoms with E-state index < -0.39 is 5.82 Å². The molecule has 2 rings (SSSR count). The molecule has 0 unspecified atom stereocenters. The minimum absolute atomic E-state index is 0.145. The number of hydrogen-bond acceptors (Lipinski definition) is 4. The number of rotatable bonds is 4. The van der Waals surface area contributed by atoms with Crippen molar-refractivity contribution in [1.29, 1.82) is 0 Å². The third-order valence-corrected chi connectivity index (χ3v) is 2.18. The number of benzene rings is 1. The Kier molecular flexibility index (Phi) is 3.18. The maximum Gasteiger partial charge on any atom is 0.174 e. The Balaban J connectivity index is 2.17. The highest BCUT2D eigenvalue weighted by Gasteiger charge is 2.10. The SMILES string of the molecule is CC(=O)c1cc(F)ccc1OCc1ccno1. The molecule has 2 aromatic rings. The van der Waals surface area contributed by atoms with Crippen molar-refractivity contribution in [3.8, 4) is 5.75 Å². The van der Waals surface area contributed by atoms with Gasteiger partial charge in [0.1, 0.15) is 18.2 Å². The van der Waals surface area contributed by atoms with Crippen molar-refractivity contribution in [2.45, 2.75) is 13.5 Å². The quantitative estimate of drug-likeness (QED) is 0.764. The monoisotopic (exact) mass is 235 g/mol. The van der Waals surface area contributed by atoms with E-state index in [1.807, 2.05) is 0 Å². The molecule has 0 N–H and O–H groups in total. The van der Waals surface area contributed by atoms with Crippen LogP contribution in [0.25, 0.3) is 0 Å². The van der Waals surface area contributed by atoms with Gasteiger partial charge in [0.2, 0.25) is 0 Å². The second kappa shape index (κ2) is 4.78. The maximum atomic E-state index is 13.0. The van der Waals surface area contributed by atoms with Crippen LogP contribution in [-0.4, -0.2) is 10.9 Å². The lowest BCUT2D eigenvalue weighted by Gasteiger charge is -2.08. The standard InChI is InChI=1S/C12H10FNO3/c1-8(15)11-6-9(13)2-3-12(11)16-7-10-4-5-14-17-10/h2-6H,7H2,1H3. The van der Waals surface area contributed by atoms with Crippen LogP contribution in [0.1, 0.15) is 23.0 Å². The molecule has 17 heavy (non-hydrogen) atoms. The molecule has 88 valence electrons. The second-order valence-corrected chi connectivity index (χ2v) is 3.46. The summed E-state index contributed by atoms with van der Waals surface area (Å²) in [5.74, 6) is 0.137. The minimum Gasteiger partial charge on any atom is -0.485 e. The Bertz CT molecular complexity index is 523. The van der Waals surface area contributed by atoms with Crippen LogP contribution in [0.5, 0.6) is 5.75 Å². The van der Waals surface area contributed by atoms with E-state index in [9.17, 15) is 9.18 Å². The molecule has 0 radical (unpaired) electrons. The fraction of sp³-hybridized carbons (Fsp3) is 0.167. The van der Waals surface area contributed by atoms with E-state index in [1.54, 1.807) is 6.07 Å². The summed E-state index contributed by atoms with van der Waals surface area (Å²) in [6.45, 7) is 1.50. The van der Waals surface area contributed by atoms with Crippen molar-refractivity contribution in [2.75, 3.05) is 0 Å². The van der Waals surface area contributed by atoms with Gasteiger partial charge in [-0.15, -0.1) is 0 Å². The molecule has 5 heteroatoms. The highest BCUT2D eigenvalue weighted by molar-refractivity contribution is 5.96. The Labute approximate surface area is 97.0 Å². The third-order valence-electron chi connectivity index (χ3n) is 2.18. The number of carbonyl (C=O) groups is 1. The van der Waals surface area contributed by atoms with Gasteiger partial charge in [0, 0.05) is 6.07 Å². The first kappa shape index (κ1) is 11.3. The molecule has 4 nitrogen and oxygen atoms in total. The van der Waals surface area contributed by atoms with Crippen LogP contribution in [0, 0.1) is 5.82 Å². The van der Waals surface area contributed by atoms with E-state index in [4.69, 9.17) is 9.26 Å². The molecule has 0 aliphatic carbocycles. The van der Waals surface area contributed by atoms with Crippen molar-refractivity contribution < 1.29 is 18.4 Å². The molecule has 0 aliphatic rings. The zero-order chi connectivity index (χ0) is 12.3. The van der Waals surface area contributed by atoms with Gasteiger partial charge < -0.3 is 9.26 Å². The van der Waals surface area contributed by atoms with E-state index in [0.29, 0.717) is 11.5 Å². The molecule has 1 heterocycles. The molecule has 0 fully saturated rings. The van der Waals surface area contributed by atoms with Gasteiger partial charge >= 0.3 is 0 Å². The summed E-state index contributed by atoms with van der Waals surface area (Å²) in [5.41, 5.74) is 0.213. The molecule has 0 saturated carbocycles. The molecule has 1 aromatic carbocycles. The van der Waals surface area contributed by atoms with Gasteiger partial charge in [-0.2, -0.15) is 0 Å². The van der Waals surface area contributed by atoms with Gasteiger partial charge in [-0.1, -0.05) is 5.16 Å². The molecule has 1 aromatic heterocycles. The molecule has 0 aliphatic heterocycles. The van der Waals surface area contributed by atoms with Gasteiger partial charge in [0.25, 0.3) is 0 Å². The van der Waals surface area contributed by atoms with Crippen LogP contribution in [0.4, 0.5) is 4.39 Å². The van der Waals surface area contributed by atoms with Gasteiger partial charge in [-0.05, 0) is 25.1 Å². The van der Waals surface area contributed by atoms with Crippen LogP contribution >= 0.6 is 0 Å². The average molecular weight is 235 g/mol. The normalized spacial score (nSPS) is 10.2. The van der Waals surface area contributed by atoms with Crippen molar-refractivity contribution in [1.82, 2.24) is 5.16 Å². The molecule has 0 saturated heterocycles. The smallest absolute Gasteiger partial charge is 0.174 e. The Morgan fingerprint density at radius 3 is 2.94 bits per heavy atom. The largest absolute Gasteiger partial charge is 0.485 e. The molecule has 0 bridgehead atoms. The highest BCUT2D eigenvalue weighted by atomic mass is 19.1. The molecular formula is C12H10FNO3. The number of halogens is 1. The summed E-state index contributed by atoms with van der Waals surface area (Å²) in [6, 6.07) is 5.46. The van der Waals surface area contributed by atoms with Crippen LogP contribution in [0.3, 0.4) is 0 Å². The van der Waals surface area contributed by atoms with E-state index in [1.165, 1.54) is 25.3 Å². The number of ketones is 1. The second-order valence-electron chi connectivity index (χ2n) is 3.46. The summed E-state index contributed by atoms with van der Waals surface area (Å²) in [7, 11) is 0. The first-order valence-electron chi connectivity index (χ1n) is 4.99. The summed E-state index contributed by atoms with van der Waals surface area (Å²) >= 11 is 0. The van der Waals surface area contributed by atoms with Crippen molar-refractivity contribution in [3.63, 3.8) is 0 Å². The molecular weight excluding hydrogens is 225 g/mol. The van der Waals surface area contributed by atoms with E-state index >= 15 is 0 Å². The fourth-order valence-corrected chi connectivity index (χ4v) is 1.37. The van der Waals surface area contributed by atoms with E-state index in [-0.39, 0.29) is 18.0 Å².